The van der Waals surface area contributed by atoms with Crippen molar-refractivity contribution in [3.63, 3.8) is 0 Å². The maximum atomic E-state index is 13.3. The first-order chi connectivity index (χ1) is 15.4. The molecule has 1 fully saturated rings. The zero-order valence-electron chi connectivity index (χ0n) is 18.6. The minimum atomic E-state index is -0.500. The Hall–Kier alpha value is -3.13. The van der Waals surface area contributed by atoms with E-state index < -0.39 is 17.8 Å². The number of aromatic amines is 1. The molecule has 8 heteroatoms. The maximum absolute atomic E-state index is 13.3. The van der Waals surface area contributed by atoms with E-state index in [1.54, 1.807) is 31.7 Å². The Morgan fingerprint density at radius 3 is 2.75 bits per heavy atom. The SMILES string of the molecule is CCOC(=O)C1=C(COCc2ncc[nH]2)N=C2CC(C)(C)CC(=O)C2C1c1cccnc1. The van der Waals surface area contributed by atoms with Gasteiger partial charge in [0.25, 0.3) is 0 Å². The van der Waals surface area contributed by atoms with E-state index >= 15 is 0 Å². The molecule has 1 N–H and O–H groups in total. The predicted molar refractivity (Wildman–Crippen MR) is 118 cm³/mol. The summed E-state index contributed by atoms with van der Waals surface area (Å²) in [5, 5.41) is 0. The Bertz CT molecular complexity index is 1040. The van der Waals surface area contributed by atoms with Crippen molar-refractivity contribution in [1.29, 1.82) is 0 Å². The van der Waals surface area contributed by atoms with Gasteiger partial charge in [0.15, 0.2) is 0 Å². The van der Waals surface area contributed by atoms with E-state index in [1.165, 1.54) is 0 Å². The van der Waals surface area contributed by atoms with Crippen molar-refractivity contribution in [2.75, 3.05) is 13.2 Å². The molecule has 0 spiro atoms. The van der Waals surface area contributed by atoms with Crippen LogP contribution >= 0.6 is 0 Å². The summed E-state index contributed by atoms with van der Waals surface area (Å²) in [7, 11) is 0. The fraction of sp³-hybridized carbons (Fsp3) is 0.458. The maximum Gasteiger partial charge on any atom is 0.336 e. The van der Waals surface area contributed by atoms with Crippen molar-refractivity contribution < 1.29 is 19.1 Å². The van der Waals surface area contributed by atoms with Gasteiger partial charge in [-0.1, -0.05) is 19.9 Å². The minimum absolute atomic E-state index is 0.0891. The molecule has 2 unspecified atom stereocenters. The Labute approximate surface area is 187 Å². The van der Waals surface area contributed by atoms with Crippen LogP contribution in [0.15, 0.2) is 53.2 Å². The largest absolute Gasteiger partial charge is 0.463 e. The molecular formula is C24H28N4O4. The van der Waals surface area contributed by atoms with E-state index in [9.17, 15) is 9.59 Å². The van der Waals surface area contributed by atoms with Crippen LogP contribution in [0.2, 0.25) is 0 Å². The van der Waals surface area contributed by atoms with Crippen molar-refractivity contribution >= 4 is 17.5 Å². The number of carbonyl (C=O) groups is 2. The van der Waals surface area contributed by atoms with E-state index in [4.69, 9.17) is 14.5 Å². The second-order valence-electron chi connectivity index (χ2n) is 8.94. The van der Waals surface area contributed by atoms with Gasteiger partial charge in [-0.25, -0.2) is 9.78 Å². The highest BCUT2D eigenvalue weighted by Gasteiger charge is 2.48. The van der Waals surface area contributed by atoms with Crippen LogP contribution in [0.3, 0.4) is 0 Å². The summed E-state index contributed by atoms with van der Waals surface area (Å²) in [4.78, 5) is 42.7. The van der Waals surface area contributed by atoms with Crippen LogP contribution in [0.4, 0.5) is 0 Å². The summed E-state index contributed by atoms with van der Waals surface area (Å²) in [5.74, 6) is -0.700. The lowest BCUT2D eigenvalue weighted by molar-refractivity contribution is -0.139. The minimum Gasteiger partial charge on any atom is -0.463 e. The third-order valence-corrected chi connectivity index (χ3v) is 5.82. The lowest BCUT2D eigenvalue weighted by Gasteiger charge is -2.41. The number of aliphatic imine (C=N–C) groups is 1. The quantitative estimate of drug-likeness (QED) is 0.667. The van der Waals surface area contributed by atoms with Crippen LogP contribution in [0.5, 0.6) is 0 Å². The zero-order chi connectivity index (χ0) is 22.7. The highest BCUT2D eigenvalue weighted by atomic mass is 16.5. The number of H-pyrrole nitrogens is 1. The molecule has 0 amide bonds. The smallest absolute Gasteiger partial charge is 0.336 e. The molecule has 2 atom stereocenters. The molecule has 2 aliphatic rings. The van der Waals surface area contributed by atoms with E-state index in [0.29, 0.717) is 29.9 Å². The molecule has 1 aliphatic carbocycles. The molecule has 1 aliphatic heterocycles. The van der Waals surface area contributed by atoms with Crippen LogP contribution in [0.1, 0.15) is 50.9 Å². The average Bonchev–Trinajstić information content (AvgIpc) is 3.26. The van der Waals surface area contributed by atoms with Crippen molar-refractivity contribution in [2.24, 2.45) is 16.3 Å². The number of imidazole rings is 1. The highest BCUT2D eigenvalue weighted by molar-refractivity contribution is 6.12. The molecule has 32 heavy (non-hydrogen) atoms. The standard InChI is InChI=1S/C24H28N4O4/c1-4-32-23(30)22-17(13-31-14-19-26-8-9-27-19)28-16-10-24(2,3)11-18(29)21(16)20(22)15-6-5-7-25-12-15/h5-9,12,20-21H,4,10-11,13-14H2,1-3H3,(H,26,27). The van der Waals surface area contributed by atoms with Crippen molar-refractivity contribution in [3.05, 3.63) is 59.6 Å². The fourth-order valence-electron chi connectivity index (χ4n) is 4.60. The third kappa shape index (κ3) is 4.55. The summed E-state index contributed by atoms with van der Waals surface area (Å²) in [5.41, 5.74) is 2.28. The molecule has 8 nitrogen and oxygen atoms in total. The van der Waals surface area contributed by atoms with Crippen LogP contribution in [0.25, 0.3) is 0 Å². The van der Waals surface area contributed by atoms with Gasteiger partial charge in [0.1, 0.15) is 18.2 Å². The van der Waals surface area contributed by atoms with E-state index in [2.05, 4.69) is 28.8 Å². The van der Waals surface area contributed by atoms with Crippen LogP contribution in [0, 0.1) is 11.3 Å². The number of esters is 1. The molecule has 0 bridgehead atoms. The normalized spacial score (nSPS) is 22.3. The number of rotatable bonds is 7. The van der Waals surface area contributed by atoms with Gasteiger partial charge in [-0.05, 0) is 30.4 Å². The van der Waals surface area contributed by atoms with E-state index in [-0.39, 0.29) is 31.0 Å². The van der Waals surface area contributed by atoms with Gasteiger partial charge in [-0.3, -0.25) is 14.8 Å². The fourth-order valence-corrected chi connectivity index (χ4v) is 4.60. The number of carbonyl (C=O) groups excluding carboxylic acids is 2. The molecular weight excluding hydrogens is 408 g/mol. The van der Waals surface area contributed by atoms with Gasteiger partial charge in [-0.2, -0.15) is 0 Å². The van der Waals surface area contributed by atoms with Gasteiger partial charge < -0.3 is 14.5 Å². The zero-order valence-corrected chi connectivity index (χ0v) is 18.6. The Morgan fingerprint density at radius 1 is 1.22 bits per heavy atom. The molecule has 2 aromatic heterocycles. The lowest BCUT2D eigenvalue weighted by Crippen LogP contribution is -2.44. The molecule has 3 heterocycles. The monoisotopic (exact) mass is 436 g/mol. The molecule has 0 radical (unpaired) electrons. The molecule has 1 saturated carbocycles. The van der Waals surface area contributed by atoms with Crippen LogP contribution < -0.4 is 0 Å². The Balaban J connectivity index is 1.78. The summed E-state index contributed by atoms with van der Waals surface area (Å²) in [6, 6.07) is 3.71. The van der Waals surface area contributed by atoms with Gasteiger partial charge in [0.05, 0.1) is 30.4 Å². The summed E-state index contributed by atoms with van der Waals surface area (Å²) in [6.45, 7) is 6.49. The van der Waals surface area contributed by atoms with E-state index in [0.717, 1.165) is 11.3 Å². The summed E-state index contributed by atoms with van der Waals surface area (Å²) < 4.78 is 11.3. The van der Waals surface area contributed by atoms with Crippen molar-refractivity contribution in [2.45, 2.75) is 46.1 Å². The van der Waals surface area contributed by atoms with Crippen LogP contribution in [-0.2, 0) is 25.7 Å². The molecule has 2 aromatic rings. The van der Waals surface area contributed by atoms with Gasteiger partial charge in [0.2, 0.25) is 0 Å². The number of aromatic nitrogens is 3. The molecule has 0 saturated heterocycles. The van der Waals surface area contributed by atoms with Crippen molar-refractivity contribution in [1.82, 2.24) is 15.0 Å². The average molecular weight is 437 g/mol. The molecule has 0 aromatic carbocycles. The number of hydrogen-bond acceptors (Lipinski definition) is 7. The third-order valence-electron chi connectivity index (χ3n) is 5.82. The molecule has 4 rings (SSSR count). The number of ketones is 1. The Morgan fingerprint density at radius 2 is 2.06 bits per heavy atom. The number of Topliss-reactive ketones (excluding diaryl/α,β-unsaturated/α-hetero) is 1. The van der Waals surface area contributed by atoms with Gasteiger partial charge >= 0.3 is 5.97 Å². The summed E-state index contributed by atoms with van der Waals surface area (Å²) >= 11 is 0. The topological polar surface area (TPSA) is 107 Å². The number of nitrogens with zero attached hydrogens (tertiary/aromatic N) is 3. The van der Waals surface area contributed by atoms with Crippen molar-refractivity contribution in [3.8, 4) is 0 Å². The van der Waals surface area contributed by atoms with Crippen LogP contribution in [-0.4, -0.2) is 45.6 Å². The first-order valence-electron chi connectivity index (χ1n) is 10.9. The number of nitrogens with one attached hydrogen (secondary N) is 1. The van der Waals surface area contributed by atoms with Gasteiger partial charge in [-0.15, -0.1) is 0 Å². The lowest BCUT2D eigenvalue weighted by atomic mass is 9.63. The second kappa shape index (κ2) is 9.16. The number of pyridine rings is 1. The Kier molecular flexibility index (Phi) is 6.32. The number of ether oxygens (including phenoxy) is 2. The second-order valence-corrected chi connectivity index (χ2v) is 8.94. The summed E-state index contributed by atoms with van der Waals surface area (Å²) in [6.07, 6.45) is 7.88. The predicted octanol–water partition coefficient (Wildman–Crippen LogP) is 3.38. The first kappa shape index (κ1) is 22.1. The number of fused-ring (bicyclic) bond motifs is 1. The highest BCUT2D eigenvalue weighted by Crippen LogP contribution is 2.46. The van der Waals surface area contributed by atoms with E-state index in [1.807, 2.05) is 12.1 Å². The van der Waals surface area contributed by atoms with Gasteiger partial charge in [0, 0.05) is 42.8 Å². The first-order valence-corrected chi connectivity index (χ1v) is 10.9. The number of hydrogen-bond donors (Lipinski definition) is 1. The molecule has 168 valence electrons.